The van der Waals surface area contributed by atoms with Crippen molar-refractivity contribution in [3.05, 3.63) is 23.8 Å². The first-order valence-corrected chi connectivity index (χ1v) is 4.73. The molecule has 0 aliphatic heterocycles. The maximum absolute atomic E-state index is 11.9. The molecule has 0 aliphatic carbocycles. The smallest absolute Gasteiger partial charge is 0.387 e. The van der Waals surface area contributed by atoms with Gasteiger partial charge in [0.15, 0.2) is 11.5 Å². The van der Waals surface area contributed by atoms with E-state index in [2.05, 4.69) is 4.74 Å². The number of aryl methyl sites for hydroxylation is 1. The molecule has 2 nitrogen and oxygen atoms in total. The third-order valence-corrected chi connectivity index (χ3v) is 1.54. The average Bonchev–Trinajstić information content (AvgIpc) is 2.23. The van der Waals surface area contributed by atoms with Gasteiger partial charge in [0.2, 0.25) is 0 Å². The van der Waals surface area contributed by atoms with Gasteiger partial charge in [0.25, 0.3) is 0 Å². The lowest BCUT2D eigenvalue weighted by Gasteiger charge is -2.09. The Morgan fingerprint density at radius 2 is 1.73 bits per heavy atom. The normalized spacial score (nSPS) is 9.27. The van der Waals surface area contributed by atoms with Gasteiger partial charge in [0.05, 0.1) is 7.11 Å². The van der Waals surface area contributed by atoms with Crippen LogP contribution in [-0.4, -0.2) is 13.7 Å². The lowest BCUT2D eigenvalue weighted by atomic mass is 10.2. The molecule has 1 rings (SSSR count). The lowest BCUT2D eigenvalue weighted by molar-refractivity contribution is -0.0512. The first-order chi connectivity index (χ1) is 7.13. The molecule has 0 fully saturated rings. The summed E-state index contributed by atoms with van der Waals surface area (Å²) in [5.74, 6) is 0.378. The van der Waals surface area contributed by atoms with E-state index in [0.717, 1.165) is 5.56 Å². The van der Waals surface area contributed by atoms with E-state index in [-0.39, 0.29) is 5.75 Å². The van der Waals surface area contributed by atoms with Crippen molar-refractivity contribution in [2.75, 3.05) is 7.11 Å². The highest BCUT2D eigenvalue weighted by atomic mass is 19.3. The van der Waals surface area contributed by atoms with Crippen LogP contribution < -0.4 is 9.47 Å². The van der Waals surface area contributed by atoms with Crippen LogP contribution in [0.15, 0.2) is 18.2 Å². The van der Waals surface area contributed by atoms with Gasteiger partial charge >= 0.3 is 6.61 Å². The van der Waals surface area contributed by atoms with Gasteiger partial charge in [-0.1, -0.05) is 19.9 Å². The van der Waals surface area contributed by atoms with E-state index in [1.807, 2.05) is 20.8 Å². The maximum Gasteiger partial charge on any atom is 0.387 e. The van der Waals surface area contributed by atoms with Crippen LogP contribution in [0.4, 0.5) is 8.78 Å². The van der Waals surface area contributed by atoms with Crippen LogP contribution in [0.25, 0.3) is 0 Å². The van der Waals surface area contributed by atoms with Crippen molar-refractivity contribution in [3.8, 4) is 11.5 Å². The van der Waals surface area contributed by atoms with Gasteiger partial charge in [-0.05, 0) is 24.6 Å². The van der Waals surface area contributed by atoms with Crippen molar-refractivity contribution >= 4 is 0 Å². The SMILES string of the molecule is CC.COc1cc(C)ccc1OC(F)F. The fourth-order valence-electron chi connectivity index (χ4n) is 0.968. The van der Waals surface area contributed by atoms with Gasteiger partial charge < -0.3 is 9.47 Å². The van der Waals surface area contributed by atoms with Gasteiger partial charge in [-0.15, -0.1) is 0 Å². The fourth-order valence-corrected chi connectivity index (χ4v) is 0.968. The van der Waals surface area contributed by atoms with Gasteiger partial charge in [0.1, 0.15) is 0 Å². The Morgan fingerprint density at radius 1 is 1.13 bits per heavy atom. The quantitative estimate of drug-likeness (QED) is 0.771. The molecular formula is C11H16F2O2. The van der Waals surface area contributed by atoms with E-state index in [4.69, 9.17) is 4.74 Å². The number of hydrogen-bond acceptors (Lipinski definition) is 2. The van der Waals surface area contributed by atoms with Crippen LogP contribution in [0.2, 0.25) is 0 Å². The molecule has 0 bridgehead atoms. The van der Waals surface area contributed by atoms with Crippen molar-refractivity contribution in [1.29, 1.82) is 0 Å². The Balaban J connectivity index is 0.000000921. The number of rotatable bonds is 3. The number of alkyl halides is 2. The number of halogens is 2. The highest BCUT2D eigenvalue weighted by Gasteiger charge is 2.09. The minimum absolute atomic E-state index is 0.0584. The molecule has 0 N–H and O–H groups in total. The second kappa shape index (κ2) is 7.04. The number of ether oxygens (including phenoxy) is 2. The molecular weight excluding hydrogens is 202 g/mol. The second-order valence-corrected chi connectivity index (χ2v) is 2.53. The van der Waals surface area contributed by atoms with E-state index >= 15 is 0 Å². The molecule has 0 aliphatic rings. The maximum atomic E-state index is 11.9. The molecule has 0 unspecified atom stereocenters. The largest absolute Gasteiger partial charge is 0.493 e. The molecule has 86 valence electrons. The highest BCUT2D eigenvalue weighted by molar-refractivity contribution is 5.42. The Kier molecular flexibility index (Phi) is 6.42. The summed E-state index contributed by atoms with van der Waals surface area (Å²) in [7, 11) is 1.41. The Labute approximate surface area is 88.8 Å². The number of methoxy groups -OCH3 is 1. The molecule has 1 aromatic carbocycles. The third kappa shape index (κ3) is 4.63. The second-order valence-electron chi connectivity index (χ2n) is 2.53. The Bertz CT molecular complexity index is 288. The molecule has 0 heterocycles. The van der Waals surface area contributed by atoms with Gasteiger partial charge in [0, 0.05) is 0 Å². The molecule has 0 spiro atoms. The van der Waals surface area contributed by atoms with Crippen LogP contribution in [0.5, 0.6) is 11.5 Å². The van der Waals surface area contributed by atoms with E-state index in [1.54, 1.807) is 12.1 Å². The van der Waals surface area contributed by atoms with Gasteiger partial charge in [-0.25, -0.2) is 0 Å². The van der Waals surface area contributed by atoms with Crippen molar-refractivity contribution in [1.82, 2.24) is 0 Å². The summed E-state index contributed by atoms with van der Waals surface area (Å²) in [6, 6.07) is 4.78. The summed E-state index contributed by atoms with van der Waals surface area (Å²) in [4.78, 5) is 0. The Morgan fingerprint density at radius 3 is 2.20 bits per heavy atom. The molecule has 4 heteroatoms. The standard InChI is InChI=1S/C9H10F2O2.C2H6/c1-6-3-4-7(13-9(10)11)8(5-6)12-2;1-2/h3-5,9H,1-2H3;1-2H3. The minimum atomic E-state index is -2.82. The summed E-state index contributed by atoms with van der Waals surface area (Å²) < 4.78 is 32.8. The van der Waals surface area contributed by atoms with Crippen LogP contribution in [0.1, 0.15) is 19.4 Å². The molecule has 0 aromatic heterocycles. The highest BCUT2D eigenvalue weighted by Crippen LogP contribution is 2.28. The topological polar surface area (TPSA) is 18.5 Å². The van der Waals surface area contributed by atoms with Crippen LogP contribution in [0.3, 0.4) is 0 Å². The van der Waals surface area contributed by atoms with E-state index in [0.29, 0.717) is 5.75 Å². The zero-order chi connectivity index (χ0) is 11.8. The number of benzene rings is 1. The molecule has 0 radical (unpaired) electrons. The zero-order valence-electron chi connectivity index (χ0n) is 9.38. The molecule has 1 aromatic rings. The summed E-state index contributed by atoms with van der Waals surface area (Å²) in [6.07, 6.45) is 0. The van der Waals surface area contributed by atoms with Gasteiger partial charge in [-0.2, -0.15) is 8.78 Å². The van der Waals surface area contributed by atoms with Crippen molar-refractivity contribution < 1.29 is 18.3 Å². The predicted molar refractivity (Wildman–Crippen MR) is 55.7 cm³/mol. The lowest BCUT2D eigenvalue weighted by Crippen LogP contribution is -2.03. The minimum Gasteiger partial charge on any atom is -0.493 e. The van der Waals surface area contributed by atoms with Crippen molar-refractivity contribution in [3.63, 3.8) is 0 Å². The summed E-state index contributed by atoms with van der Waals surface area (Å²) in [5.41, 5.74) is 0.929. The first-order valence-electron chi connectivity index (χ1n) is 4.73. The average molecular weight is 218 g/mol. The van der Waals surface area contributed by atoms with E-state index in [9.17, 15) is 8.78 Å². The molecule has 0 saturated heterocycles. The third-order valence-electron chi connectivity index (χ3n) is 1.54. The van der Waals surface area contributed by atoms with Crippen molar-refractivity contribution in [2.45, 2.75) is 27.4 Å². The first kappa shape index (κ1) is 13.7. The summed E-state index contributed by atoms with van der Waals surface area (Å²) in [6.45, 7) is 3.02. The van der Waals surface area contributed by atoms with Crippen LogP contribution in [-0.2, 0) is 0 Å². The summed E-state index contributed by atoms with van der Waals surface area (Å²) in [5, 5.41) is 0. The van der Waals surface area contributed by atoms with E-state index < -0.39 is 6.61 Å². The predicted octanol–water partition coefficient (Wildman–Crippen LogP) is 3.63. The van der Waals surface area contributed by atoms with Gasteiger partial charge in [-0.3, -0.25) is 0 Å². The van der Waals surface area contributed by atoms with Crippen LogP contribution >= 0.6 is 0 Å². The molecule has 0 amide bonds. The summed E-state index contributed by atoms with van der Waals surface area (Å²) >= 11 is 0. The molecule has 0 atom stereocenters. The van der Waals surface area contributed by atoms with Crippen molar-refractivity contribution in [2.24, 2.45) is 0 Å². The molecule has 0 saturated carbocycles. The fraction of sp³-hybridized carbons (Fsp3) is 0.455. The monoisotopic (exact) mass is 218 g/mol. The Hall–Kier alpha value is -1.32. The van der Waals surface area contributed by atoms with Crippen LogP contribution in [0, 0.1) is 6.92 Å². The zero-order valence-corrected chi connectivity index (χ0v) is 9.38. The van der Waals surface area contributed by atoms with E-state index in [1.165, 1.54) is 13.2 Å². The number of hydrogen-bond donors (Lipinski definition) is 0. The molecule has 15 heavy (non-hydrogen) atoms.